The van der Waals surface area contributed by atoms with Gasteiger partial charge in [-0.3, -0.25) is 9.48 Å². The molecule has 0 saturated carbocycles. The Bertz CT molecular complexity index is 775. The van der Waals surface area contributed by atoms with Gasteiger partial charge in [0.05, 0.1) is 17.3 Å². The molecule has 1 aromatic heterocycles. The average Bonchev–Trinajstić information content (AvgIpc) is 2.82. The lowest BCUT2D eigenvalue weighted by molar-refractivity contribution is 0.0961. The molecule has 0 fully saturated rings. The molecule has 0 spiro atoms. The summed E-state index contributed by atoms with van der Waals surface area (Å²) < 4.78 is 28.5. The van der Waals surface area contributed by atoms with Gasteiger partial charge in [0.15, 0.2) is 5.78 Å². The summed E-state index contributed by atoms with van der Waals surface area (Å²) in [6.07, 6.45) is 1.61. The molecule has 3 aromatic rings. The van der Waals surface area contributed by atoms with Crippen molar-refractivity contribution < 1.29 is 13.6 Å². The molecule has 0 bridgehead atoms. The second kappa shape index (κ2) is 4.85. The predicted octanol–water partition coefficient (Wildman–Crippen LogP) is 3.20. The summed E-state index contributed by atoms with van der Waals surface area (Å²) in [4.78, 5) is 12.1. The number of fused-ring (bicyclic) bond motifs is 1. The Kier molecular flexibility index (Phi) is 3.02. The number of halogens is 2. The van der Waals surface area contributed by atoms with Gasteiger partial charge in [-0.25, -0.2) is 8.78 Å². The van der Waals surface area contributed by atoms with E-state index in [9.17, 15) is 13.6 Å². The van der Waals surface area contributed by atoms with E-state index in [1.54, 1.807) is 12.3 Å². The van der Waals surface area contributed by atoms with E-state index in [4.69, 9.17) is 0 Å². The van der Waals surface area contributed by atoms with Gasteiger partial charge in [-0.05, 0) is 18.2 Å². The Hall–Kier alpha value is -2.56. The van der Waals surface area contributed by atoms with Crippen molar-refractivity contribution in [3.8, 4) is 0 Å². The molecule has 0 N–H and O–H groups in total. The third kappa shape index (κ3) is 2.07. The van der Waals surface area contributed by atoms with Crippen LogP contribution in [0.2, 0.25) is 0 Å². The van der Waals surface area contributed by atoms with Crippen LogP contribution in [0.3, 0.4) is 0 Å². The summed E-state index contributed by atoms with van der Waals surface area (Å²) >= 11 is 0. The van der Waals surface area contributed by atoms with Gasteiger partial charge in [0, 0.05) is 5.39 Å². The largest absolute Gasteiger partial charge is 0.292 e. The lowest BCUT2D eigenvalue weighted by Crippen LogP contribution is -2.14. The Labute approximate surface area is 113 Å². The first-order chi connectivity index (χ1) is 9.66. The Balaban J connectivity index is 1.97. The van der Waals surface area contributed by atoms with Crippen molar-refractivity contribution in [1.82, 2.24) is 9.78 Å². The van der Waals surface area contributed by atoms with Gasteiger partial charge in [-0.2, -0.15) is 5.10 Å². The zero-order valence-corrected chi connectivity index (χ0v) is 10.4. The Morgan fingerprint density at radius 1 is 1.05 bits per heavy atom. The monoisotopic (exact) mass is 272 g/mol. The van der Waals surface area contributed by atoms with Crippen LogP contribution < -0.4 is 0 Å². The molecule has 20 heavy (non-hydrogen) atoms. The van der Waals surface area contributed by atoms with Gasteiger partial charge >= 0.3 is 0 Å². The number of nitrogens with zero attached hydrogens (tertiary/aromatic N) is 2. The van der Waals surface area contributed by atoms with E-state index < -0.39 is 23.0 Å². The second-order valence-electron chi connectivity index (χ2n) is 4.38. The van der Waals surface area contributed by atoms with E-state index in [-0.39, 0.29) is 6.54 Å². The van der Waals surface area contributed by atoms with Crippen molar-refractivity contribution in [1.29, 1.82) is 0 Å². The molecule has 0 aliphatic rings. The van der Waals surface area contributed by atoms with Crippen molar-refractivity contribution in [2.24, 2.45) is 0 Å². The lowest BCUT2D eigenvalue weighted by atomic mass is 10.1. The van der Waals surface area contributed by atoms with Crippen LogP contribution in [0, 0.1) is 11.6 Å². The molecular weight excluding hydrogens is 262 g/mol. The second-order valence-corrected chi connectivity index (χ2v) is 4.38. The molecule has 3 rings (SSSR count). The zero-order valence-electron chi connectivity index (χ0n) is 10.4. The first-order valence-corrected chi connectivity index (χ1v) is 6.04. The van der Waals surface area contributed by atoms with E-state index in [2.05, 4.69) is 5.10 Å². The highest BCUT2D eigenvalue weighted by molar-refractivity contribution is 5.97. The molecule has 0 radical (unpaired) electrons. The molecule has 2 aromatic carbocycles. The highest BCUT2D eigenvalue weighted by Crippen LogP contribution is 2.16. The van der Waals surface area contributed by atoms with E-state index in [0.717, 1.165) is 23.0 Å². The predicted molar refractivity (Wildman–Crippen MR) is 70.4 cm³/mol. The van der Waals surface area contributed by atoms with Gasteiger partial charge in [0.1, 0.15) is 18.2 Å². The average molecular weight is 272 g/mol. The normalized spacial score (nSPS) is 10.9. The topological polar surface area (TPSA) is 34.9 Å². The van der Waals surface area contributed by atoms with Crippen molar-refractivity contribution in [3.05, 3.63) is 65.9 Å². The van der Waals surface area contributed by atoms with Gasteiger partial charge < -0.3 is 0 Å². The number of aromatic nitrogens is 2. The van der Waals surface area contributed by atoms with E-state index in [0.29, 0.717) is 0 Å². The van der Waals surface area contributed by atoms with E-state index in [1.165, 1.54) is 10.7 Å². The maximum Gasteiger partial charge on any atom is 0.190 e. The summed E-state index contributed by atoms with van der Waals surface area (Å²) in [5.74, 6) is -2.35. The number of carbonyl (C=O) groups excluding carboxylic acids is 1. The zero-order chi connectivity index (χ0) is 14.1. The van der Waals surface area contributed by atoms with Crippen LogP contribution in [0.5, 0.6) is 0 Å². The Morgan fingerprint density at radius 3 is 2.50 bits per heavy atom. The molecule has 0 atom stereocenters. The minimum atomic E-state index is -0.855. The fraction of sp³-hybridized carbons (Fsp3) is 0.0667. The molecule has 0 saturated heterocycles. The maximum atomic E-state index is 13.6. The highest BCUT2D eigenvalue weighted by Gasteiger charge is 2.18. The van der Waals surface area contributed by atoms with E-state index >= 15 is 0 Å². The third-order valence-corrected chi connectivity index (χ3v) is 3.09. The molecule has 3 nitrogen and oxygen atoms in total. The number of para-hydroxylation sites is 1. The van der Waals surface area contributed by atoms with Crippen LogP contribution in [-0.2, 0) is 6.54 Å². The van der Waals surface area contributed by atoms with Gasteiger partial charge in [-0.1, -0.05) is 24.3 Å². The van der Waals surface area contributed by atoms with Gasteiger partial charge in [-0.15, -0.1) is 0 Å². The van der Waals surface area contributed by atoms with Crippen molar-refractivity contribution in [3.63, 3.8) is 0 Å². The standard InChI is InChI=1S/C15H10F2N2O/c16-11-5-3-6-12(17)15(11)14(20)9-19-13-7-2-1-4-10(13)8-18-19/h1-8H,9H2. The molecule has 0 aliphatic carbocycles. The molecule has 100 valence electrons. The molecule has 0 amide bonds. The number of hydrogen-bond acceptors (Lipinski definition) is 2. The number of carbonyl (C=O) groups is 1. The third-order valence-electron chi connectivity index (χ3n) is 3.09. The smallest absolute Gasteiger partial charge is 0.190 e. The first-order valence-electron chi connectivity index (χ1n) is 6.04. The fourth-order valence-corrected chi connectivity index (χ4v) is 2.13. The van der Waals surface area contributed by atoms with Gasteiger partial charge in [0.25, 0.3) is 0 Å². The highest BCUT2D eigenvalue weighted by atomic mass is 19.1. The first kappa shape index (κ1) is 12.5. The molecule has 0 aliphatic heterocycles. The lowest BCUT2D eigenvalue weighted by Gasteiger charge is -2.05. The van der Waals surface area contributed by atoms with Crippen LogP contribution >= 0.6 is 0 Å². The summed E-state index contributed by atoms with van der Waals surface area (Å²) in [6, 6.07) is 10.7. The van der Waals surface area contributed by atoms with E-state index in [1.807, 2.05) is 18.2 Å². The maximum absolute atomic E-state index is 13.6. The van der Waals surface area contributed by atoms with Crippen molar-refractivity contribution in [2.75, 3.05) is 0 Å². The number of benzene rings is 2. The van der Waals surface area contributed by atoms with Crippen LogP contribution in [0.25, 0.3) is 10.9 Å². The summed E-state index contributed by atoms with van der Waals surface area (Å²) in [6.45, 7) is -0.203. The number of Topliss-reactive ketones (excluding diaryl/α,β-unsaturated/α-hetero) is 1. The Morgan fingerprint density at radius 2 is 1.75 bits per heavy atom. The quantitative estimate of drug-likeness (QED) is 0.686. The van der Waals surface area contributed by atoms with Crippen LogP contribution in [0.15, 0.2) is 48.7 Å². The number of hydrogen-bond donors (Lipinski definition) is 0. The summed E-state index contributed by atoms with van der Waals surface area (Å²) in [5, 5.41) is 4.94. The fourth-order valence-electron chi connectivity index (χ4n) is 2.13. The van der Waals surface area contributed by atoms with Gasteiger partial charge in [0.2, 0.25) is 0 Å². The van der Waals surface area contributed by atoms with Crippen molar-refractivity contribution in [2.45, 2.75) is 6.54 Å². The molecular formula is C15H10F2N2O. The summed E-state index contributed by atoms with van der Waals surface area (Å²) in [7, 11) is 0. The number of rotatable bonds is 3. The minimum absolute atomic E-state index is 0.203. The van der Waals surface area contributed by atoms with Crippen LogP contribution in [0.1, 0.15) is 10.4 Å². The molecule has 1 heterocycles. The SMILES string of the molecule is O=C(Cn1ncc2ccccc21)c1c(F)cccc1F. The summed E-state index contributed by atoms with van der Waals surface area (Å²) in [5.41, 5.74) is 0.227. The van der Waals surface area contributed by atoms with Crippen LogP contribution in [0.4, 0.5) is 8.78 Å². The molecule has 0 unspecified atom stereocenters. The minimum Gasteiger partial charge on any atom is -0.292 e. The van der Waals surface area contributed by atoms with Crippen molar-refractivity contribution >= 4 is 16.7 Å². The van der Waals surface area contributed by atoms with Crippen LogP contribution in [-0.4, -0.2) is 15.6 Å². The number of ketones is 1. The molecule has 5 heteroatoms.